The monoisotopic (exact) mass is 389 g/mol. The molecule has 0 radical (unpaired) electrons. The van der Waals surface area contributed by atoms with Gasteiger partial charge >= 0.3 is 0 Å². The number of aliphatic hydroxyl groups excluding tert-OH is 1. The SMILES string of the molecule is O=C(N[C@H](c1ccc2c(c1)CCO2)C1CC(O)C1)c1ccc(-n2cccn2)cc1. The van der Waals surface area contributed by atoms with Crippen LogP contribution in [0, 0.1) is 5.92 Å². The lowest BCUT2D eigenvalue weighted by Crippen LogP contribution is -2.41. The Morgan fingerprint density at radius 3 is 2.76 bits per heavy atom. The number of carbonyl (C=O) groups excluding carboxylic acids is 1. The number of fused-ring (bicyclic) bond motifs is 1. The van der Waals surface area contributed by atoms with Gasteiger partial charge in [-0.05, 0) is 72.4 Å². The quantitative estimate of drug-likeness (QED) is 0.703. The summed E-state index contributed by atoms with van der Waals surface area (Å²) in [4.78, 5) is 13.0. The van der Waals surface area contributed by atoms with Gasteiger partial charge in [0, 0.05) is 24.4 Å². The summed E-state index contributed by atoms with van der Waals surface area (Å²) in [5.41, 5.74) is 3.77. The van der Waals surface area contributed by atoms with E-state index in [1.807, 2.05) is 48.7 Å². The van der Waals surface area contributed by atoms with Gasteiger partial charge in [0.15, 0.2) is 0 Å². The number of nitrogens with zero attached hydrogens (tertiary/aromatic N) is 2. The Labute approximate surface area is 169 Å². The molecule has 29 heavy (non-hydrogen) atoms. The van der Waals surface area contributed by atoms with Gasteiger partial charge in [-0.15, -0.1) is 0 Å². The van der Waals surface area contributed by atoms with Gasteiger partial charge in [0.05, 0.1) is 24.4 Å². The fourth-order valence-corrected chi connectivity index (χ4v) is 4.19. The summed E-state index contributed by atoms with van der Waals surface area (Å²) in [7, 11) is 0. The fourth-order valence-electron chi connectivity index (χ4n) is 4.19. The minimum atomic E-state index is -0.273. The summed E-state index contributed by atoms with van der Waals surface area (Å²) in [6, 6.07) is 15.3. The molecule has 148 valence electrons. The molecule has 0 bridgehead atoms. The van der Waals surface area contributed by atoms with Crippen LogP contribution in [0.1, 0.15) is 40.4 Å². The van der Waals surface area contributed by atoms with Crippen LogP contribution in [-0.2, 0) is 6.42 Å². The number of aromatic nitrogens is 2. The Balaban J connectivity index is 1.36. The molecule has 0 spiro atoms. The lowest BCUT2D eigenvalue weighted by Gasteiger charge is -2.38. The average molecular weight is 389 g/mol. The van der Waals surface area contributed by atoms with Gasteiger partial charge in [-0.25, -0.2) is 4.68 Å². The molecule has 1 aliphatic heterocycles. The molecule has 6 heteroatoms. The summed E-state index contributed by atoms with van der Waals surface area (Å²) in [6.45, 7) is 0.709. The standard InChI is InChI=1S/C23H23N3O3/c27-20-13-18(14-20)22(17-4-7-21-16(12-17)8-11-29-21)25-23(28)15-2-5-19(6-3-15)26-10-1-9-24-26/h1-7,9-10,12,18,20,22,27H,8,11,13-14H2,(H,25,28)/t18?,20?,22-/m1/s1. The molecule has 1 fully saturated rings. The second-order valence-electron chi connectivity index (χ2n) is 7.80. The fraction of sp³-hybridized carbons (Fsp3) is 0.304. The van der Waals surface area contributed by atoms with Crippen molar-refractivity contribution in [1.82, 2.24) is 15.1 Å². The highest BCUT2D eigenvalue weighted by atomic mass is 16.5. The van der Waals surface area contributed by atoms with Crippen LogP contribution in [0.15, 0.2) is 60.9 Å². The summed E-state index contributed by atoms with van der Waals surface area (Å²) in [6.07, 6.45) is 5.62. The molecule has 2 heterocycles. The van der Waals surface area contributed by atoms with Gasteiger partial charge in [0.25, 0.3) is 5.91 Å². The molecule has 1 saturated carbocycles. The Hall–Kier alpha value is -3.12. The molecule has 1 atom stereocenters. The van der Waals surface area contributed by atoms with Gasteiger partial charge in [-0.1, -0.05) is 6.07 Å². The highest BCUT2D eigenvalue weighted by Gasteiger charge is 2.36. The zero-order valence-electron chi connectivity index (χ0n) is 16.0. The smallest absolute Gasteiger partial charge is 0.251 e. The second kappa shape index (κ2) is 7.37. The summed E-state index contributed by atoms with van der Waals surface area (Å²) in [5.74, 6) is 1.06. The van der Waals surface area contributed by atoms with Gasteiger partial charge < -0.3 is 15.2 Å². The van der Waals surface area contributed by atoms with E-state index in [0.29, 0.717) is 25.0 Å². The number of ether oxygens (including phenoxy) is 1. The summed E-state index contributed by atoms with van der Waals surface area (Å²) in [5, 5.41) is 17.2. The molecule has 1 aromatic heterocycles. The van der Waals surface area contributed by atoms with Crippen LogP contribution in [-0.4, -0.2) is 33.5 Å². The van der Waals surface area contributed by atoms with E-state index >= 15 is 0 Å². The molecule has 3 aromatic rings. The van der Waals surface area contributed by atoms with Gasteiger partial charge in [-0.2, -0.15) is 5.10 Å². The van der Waals surface area contributed by atoms with Crippen molar-refractivity contribution < 1.29 is 14.6 Å². The van der Waals surface area contributed by atoms with E-state index in [9.17, 15) is 9.90 Å². The first-order valence-corrected chi connectivity index (χ1v) is 10.0. The third kappa shape index (κ3) is 3.51. The largest absolute Gasteiger partial charge is 0.493 e. The van der Waals surface area contributed by atoms with Crippen LogP contribution in [0.5, 0.6) is 5.75 Å². The van der Waals surface area contributed by atoms with Crippen molar-refractivity contribution in [3.05, 3.63) is 77.6 Å². The number of benzene rings is 2. The number of carbonyl (C=O) groups is 1. The molecule has 0 unspecified atom stereocenters. The van der Waals surface area contributed by atoms with Gasteiger partial charge in [0.1, 0.15) is 5.75 Å². The number of nitrogens with one attached hydrogen (secondary N) is 1. The van der Waals surface area contributed by atoms with Crippen molar-refractivity contribution in [3.8, 4) is 11.4 Å². The molecule has 2 aliphatic rings. The molecule has 2 aromatic carbocycles. The second-order valence-corrected chi connectivity index (χ2v) is 7.80. The summed E-state index contributed by atoms with van der Waals surface area (Å²) < 4.78 is 7.37. The zero-order chi connectivity index (χ0) is 19.8. The molecule has 6 nitrogen and oxygen atoms in total. The van der Waals surface area contributed by atoms with Crippen molar-refractivity contribution >= 4 is 5.91 Å². The Bertz CT molecular complexity index is 1010. The topological polar surface area (TPSA) is 76.4 Å². The van der Waals surface area contributed by atoms with E-state index in [1.54, 1.807) is 10.9 Å². The van der Waals surface area contributed by atoms with Crippen molar-refractivity contribution in [2.45, 2.75) is 31.4 Å². The maximum Gasteiger partial charge on any atom is 0.251 e. The number of aliphatic hydroxyl groups is 1. The van der Waals surface area contributed by atoms with Crippen molar-refractivity contribution in [3.63, 3.8) is 0 Å². The molecule has 5 rings (SSSR count). The number of amides is 1. The maximum atomic E-state index is 13.0. The van der Waals surface area contributed by atoms with E-state index in [0.717, 1.165) is 23.4 Å². The lowest BCUT2D eigenvalue weighted by atomic mass is 9.74. The molecule has 2 N–H and O–H groups in total. The lowest BCUT2D eigenvalue weighted by molar-refractivity contribution is 0.0235. The van der Waals surface area contributed by atoms with Crippen molar-refractivity contribution in [2.75, 3.05) is 6.61 Å². The van der Waals surface area contributed by atoms with Crippen LogP contribution < -0.4 is 10.1 Å². The minimum Gasteiger partial charge on any atom is -0.493 e. The molecular weight excluding hydrogens is 366 g/mol. The maximum absolute atomic E-state index is 13.0. The van der Waals surface area contributed by atoms with Gasteiger partial charge in [0.2, 0.25) is 0 Å². The minimum absolute atomic E-state index is 0.111. The normalized spacial score (nSPS) is 21.0. The third-order valence-electron chi connectivity index (χ3n) is 5.88. The van der Waals surface area contributed by atoms with Crippen LogP contribution in [0.2, 0.25) is 0 Å². The average Bonchev–Trinajstić information content (AvgIpc) is 3.41. The number of hydrogen-bond donors (Lipinski definition) is 2. The first-order chi connectivity index (χ1) is 14.2. The van der Waals surface area contributed by atoms with E-state index in [1.165, 1.54) is 5.56 Å². The first kappa shape index (κ1) is 17.9. The highest BCUT2D eigenvalue weighted by Crippen LogP contribution is 2.40. The zero-order valence-corrected chi connectivity index (χ0v) is 16.0. The van der Waals surface area contributed by atoms with Crippen molar-refractivity contribution in [2.24, 2.45) is 5.92 Å². The predicted molar refractivity (Wildman–Crippen MR) is 108 cm³/mol. The van der Waals surface area contributed by atoms with E-state index in [4.69, 9.17) is 4.74 Å². The Kier molecular flexibility index (Phi) is 4.56. The van der Waals surface area contributed by atoms with E-state index in [-0.39, 0.29) is 24.0 Å². The Morgan fingerprint density at radius 2 is 2.03 bits per heavy atom. The third-order valence-corrected chi connectivity index (χ3v) is 5.88. The number of rotatable bonds is 5. The van der Waals surface area contributed by atoms with Crippen LogP contribution in [0.3, 0.4) is 0 Å². The van der Waals surface area contributed by atoms with E-state index < -0.39 is 0 Å². The van der Waals surface area contributed by atoms with Gasteiger partial charge in [-0.3, -0.25) is 4.79 Å². The summed E-state index contributed by atoms with van der Waals surface area (Å²) >= 11 is 0. The Morgan fingerprint density at radius 1 is 1.21 bits per heavy atom. The predicted octanol–water partition coefficient (Wildman–Crippen LogP) is 3.05. The molecule has 1 amide bonds. The number of hydrogen-bond acceptors (Lipinski definition) is 4. The highest BCUT2D eigenvalue weighted by molar-refractivity contribution is 5.94. The molecular formula is C23H23N3O3. The molecule has 1 aliphatic carbocycles. The van der Waals surface area contributed by atoms with Crippen LogP contribution in [0.25, 0.3) is 5.69 Å². The first-order valence-electron chi connectivity index (χ1n) is 10.0. The van der Waals surface area contributed by atoms with E-state index in [2.05, 4.69) is 16.5 Å². The van der Waals surface area contributed by atoms with Crippen LogP contribution >= 0.6 is 0 Å². The van der Waals surface area contributed by atoms with Crippen LogP contribution in [0.4, 0.5) is 0 Å². The van der Waals surface area contributed by atoms with Crippen molar-refractivity contribution in [1.29, 1.82) is 0 Å². The molecule has 0 saturated heterocycles.